The van der Waals surface area contributed by atoms with Gasteiger partial charge in [0.05, 0.1) is 17.2 Å². The summed E-state index contributed by atoms with van der Waals surface area (Å²) in [4.78, 5) is 28.7. The highest BCUT2D eigenvalue weighted by Gasteiger charge is 2.34. The minimum atomic E-state index is -4.18. The van der Waals surface area contributed by atoms with Crippen LogP contribution >= 0.6 is 11.6 Å². The molecule has 0 aromatic heterocycles. The monoisotopic (exact) mass is 585 g/mol. The Hall–Kier alpha value is -3.56. The first kappa shape index (κ1) is 31.0. The second-order valence-corrected chi connectivity index (χ2v) is 11.4. The summed E-state index contributed by atoms with van der Waals surface area (Å²) in [5, 5.41) is 3.42. The van der Waals surface area contributed by atoms with Gasteiger partial charge in [0.25, 0.3) is 10.0 Å². The number of anilines is 1. The molecule has 0 saturated carbocycles. The van der Waals surface area contributed by atoms with Crippen LogP contribution in [-0.4, -0.2) is 50.9 Å². The second-order valence-electron chi connectivity index (χ2n) is 9.09. The molecule has 0 spiro atoms. The van der Waals surface area contributed by atoms with Crippen molar-refractivity contribution in [3.05, 3.63) is 89.4 Å². The van der Waals surface area contributed by atoms with Gasteiger partial charge in [0.1, 0.15) is 18.3 Å². The first-order valence-electron chi connectivity index (χ1n) is 13.3. The first-order chi connectivity index (χ1) is 19.2. The van der Waals surface area contributed by atoms with Gasteiger partial charge in [-0.1, -0.05) is 67.9 Å². The number of halogens is 1. The molecule has 3 rings (SSSR count). The lowest BCUT2D eigenvalue weighted by atomic mass is 10.1. The van der Waals surface area contributed by atoms with E-state index in [2.05, 4.69) is 5.32 Å². The average molecular weight is 586 g/mol. The summed E-state index contributed by atoms with van der Waals surface area (Å²) in [5.41, 5.74) is 0.989. The van der Waals surface area contributed by atoms with Gasteiger partial charge >= 0.3 is 0 Å². The van der Waals surface area contributed by atoms with Gasteiger partial charge in [0.15, 0.2) is 0 Å². The van der Waals surface area contributed by atoms with Crippen molar-refractivity contribution in [1.29, 1.82) is 0 Å². The standard InChI is InChI=1S/C30H36ClN3O5S/c1-4-20-32-30(36)26(5-2)33(21-23-16-18-24(31)19-17-23)29(35)22-34(27-14-10-11-15-28(27)39-6-3)40(37,38)25-12-8-7-9-13-25/h7-19,26H,4-6,20-22H2,1-3H3,(H,32,36)/t26-/m0/s1. The van der Waals surface area contributed by atoms with E-state index in [0.717, 1.165) is 16.3 Å². The van der Waals surface area contributed by atoms with E-state index >= 15 is 0 Å². The Kier molecular flexibility index (Phi) is 11.4. The Labute approximate surface area is 241 Å². The number of carbonyl (C=O) groups is 2. The first-order valence-corrected chi connectivity index (χ1v) is 15.2. The summed E-state index contributed by atoms with van der Waals surface area (Å²) in [7, 11) is -4.18. The molecule has 1 N–H and O–H groups in total. The number of carbonyl (C=O) groups excluding carboxylic acids is 2. The molecule has 40 heavy (non-hydrogen) atoms. The van der Waals surface area contributed by atoms with Crippen LogP contribution in [0.25, 0.3) is 0 Å². The lowest BCUT2D eigenvalue weighted by Gasteiger charge is -2.33. The fourth-order valence-corrected chi connectivity index (χ4v) is 5.82. The van der Waals surface area contributed by atoms with Gasteiger partial charge in [-0.2, -0.15) is 0 Å². The smallest absolute Gasteiger partial charge is 0.264 e. The van der Waals surface area contributed by atoms with Crippen LogP contribution in [0.4, 0.5) is 5.69 Å². The van der Waals surface area contributed by atoms with Gasteiger partial charge in [-0.15, -0.1) is 0 Å². The van der Waals surface area contributed by atoms with Crippen LogP contribution < -0.4 is 14.4 Å². The third-order valence-corrected chi connectivity index (χ3v) is 8.27. The van der Waals surface area contributed by atoms with Gasteiger partial charge in [-0.05, 0) is 61.7 Å². The fraction of sp³-hybridized carbons (Fsp3) is 0.333. The highest BCUT2D eigenvalue weighted by atomic mass is 35.5. The summed E-state index contributed by atoms with van der Waals surface area (Å²) in [6.07, 6.45) is 1.08. The summed E-state index contributed by atoms with van der Waals surface area (Å²) >= 11 is 6.06. The molecule has 0 fully saturated rings. The van der Waals surface area contributed by atoms with Crippen molar-refractivity contribution in [2.45, 2.75) is 51.1 Å². The number of hydrogen-bond acceptors (Lipinski definition) is 5. The number of ether oxygens (including phenoxy) is 1. The fourth-order valence-electron chi connectivity index (χ4n) is 4.25. The lowest BCUT2D eigenvalue weighted by molar-refractivity contribution is -0.140. The Morgan fingerprint density at radius 1 is 0.925 bits per heavy atom. The number of amides is 2. The van der Waals surface area contributed by atoms with E-state index in [4.69, 9.17) is 16.3 Å². The molecular formula is C30H36ClN3O5S. The maximum absolute atomic E-state index is 14.1. The Morgan fingerprint density at radius 3 is 2.20 bits per heavy atom. The van der Waals surface area contributed by atoms with Crippen molar-refractivity contribution >= 4 is 39.1 Å². The maximum atomic E-state index is 14.1. The van der Waals surface area contributed by atoms with Gasteiger partial charge in [-0.25, -0.2) is 8.42 Å². The summed E-state index contributed by atoms with van der Waals surface area (Å²) in [6, 6.07) is 20.8. The van der Waals surface area contributed by atoms with Crippen molar-refractivity contribution < 1.29 is 22.7 Å². The molecule has 0 heterocycles. The van der Waals surface area contributed by atoms with Crippen LogP contribution in [0.2, 0.25) is 5.02 Å². The predicted molar refractivity (Wildman–Crippen MR) is 158 cm³/mol. The minimum Gasteiger partial charge on any atom is -0.492 e. The molecule has 0 saturated heterocycles. The molecule has 1 atom stereocenters. The van der Waals surface area contributed by atoms with Crippen LogP contribution in [0.3, 0.4) is 0 Å². The van der Waals surface area contributed by atoms with Gasteiger partial charge in [0, 0.05) is 18.1 Å². The number of hydrogen-bond donors (Lipinski definition) is 1. The van der Waals surface area contributed by atoms with E-state index in [1.807, 2.05) is 13.8 Å². The molecule has 214 valence electrons. The van der Waals surface area contributed by atoms with Gasteiger partial charge in [0.2, 0.25) is 11.8 Å². The number of para-hydroxylation sites is 2. The number of nitrogens with zero attached hydrogens (tertiary/aromatic N) is 2. The van der Waals surface area contributed by atoms with Gasteiger partial charge < -0.3 is 15.0 Å². The Balaban J connectivity index is 2.08. The highest BCUT2D eigenvalue weighted by molar-refractivity contribution is 7.92. The zero-order chi connectivity index (χ0) is 29.1. The minimum absolute atomic E-state index is 0.0334. The normalized spacial score (nSPS) is 11.9. The van der Waals surface area contributed by atoms with E-state index in [1.165, 1.54) is 17.0 Å². The summed E-state index contributed by atoms with van der Waals surface area (Å²) in [5.74, 6) is -0.493. The van der Waals surface area contributed by atoms with Crippen LogP contribution in [0.5, 0.6) is 5.75 Å². The highest BCUT2D eigenvalue weighted by Crippen LogP contribution is 2.33. The van der Waals surface area contributed by atoms with Crippen molar-refractivity contribution in [2.24, 2.45) is 0 Å². The SMILES string of the molecule is CCCNC(=O)[C@H](CC)N(Cc1ccc(Cl)cc1)C(=O)CN(c1ccccc1OCC)S(=O)(=O)c1ccccc1. The van der Waals surface area contributed by atoms with Crippen molar-refractivity contribution in [1.82, 2.24) is 10.2 Å². The van der Waals surface area contributed by atoms with Crippen LogP contribution in [0.1, 0.15) is 39.2 Å². The van der Waals surface area contributed by atoms with Crippen LogP contribution in [-0.2, 0) is 26.2 Å². The van der Waals surface area contributed by atoms with E-state index < -0.39 is 28.5 Å². The van der Waals surface area contributed by atoms with Crippen molar-refractivity contribution in [3.8, 4) is 5.75 Å². The summed E-state index contributed by atoms with van der Waals surface area (Å²) in [6.45, 7) is 5.90. The molecule has 0 unspecified atom stereocenters. The van der Waals surface area contributed by atoms with Crippen molar-refractivity contribution in [2.75, 3.05) is 24.0 Å². The second kappa shape index (κ2) is 14.7. The molecule has 0 aliphatic carbocycles. The molecule has 8 nitrogen and oxygen atoms in total. The molecule has 3 aromatic rings. The average Bonchev–Trinajstić information content (AvgIpc) is 2.96. The zero-order valence-electron chi connectivity index (χ0n) is 23.0. The molecule has 0 bridgehead atoms. The Bertz CT molecular complexity index is 1370. The van der Waals surface area contributed by atoms with E-state index in [-0.39, 0.29) is 23.0 Å². The van der Waals surface area contributed by atoms with E-state index in [9.17, 15) is 18.0 Å². The van der Waals surface area contributed by atoms with E-state index in [0.29, 0.717) is 30.3 Å². The number of benzene rings is 3. The maximum Gasteiger partial charge on any atom is 0.264 e. The van der Waals surface area contributed by atoms with E-state index in [1.54, 1.807) is 73.7 Å². The molecule has 0 aliphatic rings. The Morgan fingerprint density at radius 2 is 1.57 bits per heavy atom. The van der Waals surface area contributed by atoms with Crippen LogP contribution in [0.15, 0.2) is 83.8 Å². The topological polar surface area (TPSA) is 96.0 Å². The number of rotatable bonds is 14. The third kappa shape index (κ3) is 7.76. The quantitative estimate of drug-likeness (QED) is 0.278. The van der Waals surface area contributed by atoms with Crippen LogP contribution in [0, 0.1) is 0 Å². The number of sulfonamides is 1. The predicted octanol–water partition coefficient (Wildman–Crippen LogP) is 5.27. The van der Waals surface area contributed by atoms with Gasteiger partial charge in [-0.3, -0.25) is 13.9 Å². The molecule has 0 aliphatic heterocycles. The largest absolute Gasteiger partial charge is 0.492 e. The zero-order valence-corrected chi connectivity index (χ0v) is 24.6. The molecular weight excluding hydrogens is 550 g/mol. The molecule has 0 radical (unpaired) electrons. The third-order valence-electron chi connectivity index (χ3n) is 6.25. The lowest BCUT2D eigenvalue weighted by Crippen LogP contribution is -2.52. The molecule has 2 amide bonds. The summed E-state index contributed by atoms with van der Waals surface area (Å²) < 4.78 is 34.7. The molecule has 10 heteroatoms. The molecule has 3 aromatic carbocycles. The van der Waals surface area contributed by atoms with Crippen molar-refractivity contribution in [3.63, 3.8) is 0 Å². The number of nitrogens with one attached hydrogen (secondary N) is 1.